The number of rotatable bonds is 1. The molecule has 0 unspecified atom stereocenters. The van der Waals surface area contributed by atoms with Crippen LogP contribution in [0, 0.1) is 11.3 Å². The van der Waals surface area contributed by atoms with Gasteiger partial charge in [0.1, 0.15) is 11.5 Å². The third kappa shape index (κ3) is 1.88. The minimum atomic E-state index is -0.00130. The SMILES string of the molecule is COc1ccc2c(c1)CC[C@H]1C(C)(C)CC(=O)C[C@]21C. The molecular formula is C18H24O2. The van der Waals surface area contributed by atoms with E-state index in [4.69, 9.17) is 4.74 Å². The molecule has 2 nitrogen and oxygen atoms in total. The second kappa shape index (κ2) is 4.34. The molecule has 1 aromatic carbocycles. The van der Waals surface area contributed by atoms with Gasteiger partial charge in [0.15, 0.2) is 0 Å². The third-order valence-corrected chi connectivity index (χ3v) is 5.56. The van der Waals surface area contributed by atoms with Gasteiger partial charge < -0.3 is 4.74 Å². The highest BCUT2D eigenvalue weighted by Gasteiger charge is 2.52. The minimum absolute atomic E-state index is 0.00130. The average Bonchev–Trinajstić information content (AvgIpc) is 2.35. The maximum Gasteiger partial charge on any atom is 0.134 e. The summed E-state index contributed by atoms with van der Waals surface area (Å²) in [6.07, 6.45) is 3.71. The van der Waals surface area contributed by atoms with Crippen molar-refractivity contribution < 1.29 is 9.53 Å². The molecule has 0 amide bonds. The lowest BCUT2D eigenvalue weighted by molar-refractivity contribution is -0.129. The van der Waals surface area contributed by atoms with Crippen LogP contribution in [-0.2, 0) is 16.6 Å². The van der Waals surface area contributed by atoms with Crippen LogP contribution in [0.3, 0.4) is 0 Å². The van der Waals surface area contributed by atoms with E-state index < -0.39 is 0 Å². The lowest BCUT2D eigenvalue weighted by Crippen LogP contribution is -2.50. The van der Waals surface area contributed by atoms with Crippen LogP contribution in [-0.4, -0.2) is 12.9 Å². The predicted molar refractivity (Wildman–Crippen MR) is 80.2 cm³/mol. The molecule has 0 heterocycles. The minimum Gasteiger partial charge on any atom is -0.497 e. The third-order valence-electron chi connectivity index (χ3n) is 5.56. The molecule has 0 N–H and O–H groups in total. The van der Waals surface area contributed by atoms with Gasteiger partial charge in [-0.15, -0.1) is 0 Å². The predicted octanol–water partition coefficient (Wildman–Crippen LogP) is 3.90. The fraction of sp³-hybridized carbons (Fsp3) is 0.611. The molecule has 1 aromatic rings. The van der Waals surface area contributed by atoms with Crippen LogP contribution < -0.4 is 4.74 Å². The van der Waals surface area contributed by atoms with Crippen molar-refractivity contribution >= 4 is 5.78 Å². The van der Waals surface area contributed by atoms with Crippen LogP contribution in [0.5, 0.6) is 5.75 Å². The number of Topliss-reactive ketones (excluding diaryl/α,β-unsaturated/α-hetero) is 1. The molecule has 2 atom stereocenters. The van der Waals surface area contributed by atoms with E-state index in [0.717, 1.165) is 18.6 Å². The first-order valence-corrected chi connectivity index (χ1v) is 7.56. The van der Waals surface area contributed by atoms with Crippen molar-refractivity contribution in [3.63, 3.8) is 0 Å². The van der Waals surface area contributed by atoms with Crippen molar-refractivity contribution in [2.45, 2.75) is 51.9 Å². The molecule has 2 aliphatic rings. The van der Waals surface area contributed by atoms with Gasteiger partial charge in [0.05, 0.1) is 7.11 Å². The molecule has 3 rings (SSSR count). The second-order valence-corrected chi connectivity index (χ2v) is 7.41. The number of ether oxygens (including phenoxy) is 1. The standard InChI is InChI=1S/C18H24O2/c1-17(2)10-13(19)11-18(3)15-7-6-14(20-4)9-12(15)5-8-16(17)18/h6-7,9,16H,5,8,10-11H2,1-4H3/t16-,18+/m0/s1. The number of carbonyl (C=O) groups excluding carboxylic acids is 1. The van der Waals surface area contributed by atoms with Crippen molar-refractivity contribution in [3.8, 4) is 5.75 Å². The molecule has 1 saturated carbocycles. The molecule has 1 fully saturated rings. The largest absolute Gasteiger partial charge is 0.497 e. The maximum atomic E-state index is 12.2. The molecule has 0 radical (unpaired) electrons. The van der Waals surface area contributed by atoms with Gasteiger partial charge in [-0.2, -0.15) is 0 Å². The number of hydrogen-bond acceptors (Lipinski definition) is 2. The summed E-state index contributed by atoms with van der Waals surface area (Å²) >= 11 is 0. The second-order valence-electron chi connectivity index (χ2n) is 7.41. The van der Waals surface area contributed by atoms with E-state index in [2.05, 4.69) is 32.9 Å². The Morgan fingerprint density at radius 2 is 1.95 bits per heavy atom. The van der Waals surface area contributed by atoms with E-state index in [1.165, 1.54) is 17.5 Å². The zero-order valence-corrected chi connectivity index (χ0v) is 13.0. The van der Waals surface area contributed by atoms with Crippen molar-refractivity contribution in [2.75, 3.05) is 7.11 Å². The topological polar surface area (TPSA) is 26.3 Å². The molecular weight excluding hydrogens is 248 g/mol. The van der Waals surface area contributed by atoms with Gasteiger partial charge in [0.2, 0.25) is 0 Å². The summed E-state index contributed by atoms with van der Waals surface area (Å²) in [4.78, 5) is 12.2. The van der Waals surface area contributed by atoms with Crippen molar-refractivity contribution in [1.29, 1.82) is 0 Å². The van der Waals surface area contributed by atoms with E-state index in [1.54, 1.807) is 7.11 Å². The number of benzene rings is 1. The Morgan fingerprint density at radius 3 is 2.65 bits per heavy atom. The van der Waals surface area contributed by atoms with Gasteiger partial charge >= 0.3 is 0 Å². The van der Waals surface area contributed by atoms with E-state index >= 15 is 0 Å². The summed E-state index contributed by atoms with van der Waals surface area (Å²) in [7, 11) is 1.71. The van der Waals surface area contributed by atoms with Crippen LogP contribution in [0.4, 0.5) is 0 Å². The Hall–Kier alpha value is -1.31. The Balaban J connectivity index is 2.11. The first-order valence-electron chi connectivity index (χ1n) is 7.56. The monoisotopic (exact) mass is 272 g/mol. The Labute approximate surface area is 121 Å². The average molecular weight is 272 g/mol. The van der Waals surface area contributed by atoms with Gasteiger partial charge in [0.25, 0.3) is 0 Å². The van der Waals surface area contributed by atoms with Crippen LogP contribution in [0.2, 0.25) is 0 Å². The smallest absolute Gasteiger partial charge is 0.134 e. The summed E-state index contributed by atoms with van der Waals surface area (Å²) in [6, 6.07) is 6.39. The molecule has 2 heteroatoms. The zero-order chi connectivity index (χ0) is 14.5. The molecule has 108 valence electrons. The Kier molecular flexibility index (Phi) is 2.97. The van der Waals surface area contributed by atoms with Crippen molar-refractivity contribution in [3.05, 3.63) is 29.3 Å². The highest BCUT2D eigenvalue weighted by Crippen LogP contribution is 2.56. The van der Waals surface area contributed by atoms with Crippen LogP contribution in [0.15, 0.2) is 18.2 Å². The number of ketones is 1. The fourth-order valence-corrected chi connectivity index (χ4v) is 4.84. The molecule has 0 aliphatic heterocycles. The molecule has 20 heavy (non-hydrogen) atoms. The van der Waals surface area contributed by atoms with Crippen molar-refractivity contribution in [1.82, 2.24) is 0 Å². The summed E-state index contributed by atoms with van der Waals surface area (Å²) in [6.45, 7) is 6.82. The fourth-order valence-electron chi connectivity index (χ4n) is 4.84. The highest BCUT2D eigenvalue weighted by atomic mass is 16.5. The first kappa shape index (κ1) is 13.7. The lowest BCUT2D eigenvalue weighted by atomic mass is 9.50. The number of aryl methyl sites for hydroxylation is 1. The van der Waals surface area contributed by atoms with Gasteiger partial charge in [-0.3, -0.25) is 4.79 Å². The molecule has 2 aliphatic carbocycles. The van der Waals surface area contributed by atoms with Crippen LogP contribution in [0.1, 0.15) is 51.2 Å². The normalized spacial score (nSPS) is 31.4. The highest BCUT2D eigenvalue weighted by molar-refractivity contribution is 5.82. The summed E-state index contributed by atoms with van der Waals surface area (Å²) in [5.41, 5.74) is 2.85. The van der Waals surface area contributed by atoms with Crippen molar-refractivity contribution in [2.24, 2.45) is 11.3 Å². The number of methoxy groups -OCH3 is 1. The van der Waals surface area contributed by atoms with Gasteiger partial charge in [-0.25, -0.2) is 0 Å². The Morgan fingerprint density at radius 1 is 1.20 bits per heavy atom. The number of carbonyl (C=O) groups is 1. The molecule has 0 bridgehead atoms. The van der Waals surface area contributed by atoms with E-state index in [-0.39, 0.29) is 10.8 Å². The zero-order valence-electron chi connectivity index (χ0n) is 13.0. The van der Waals surface area contributed by atoms with Gasteiger partial charge in [-0.05, 0) is 47.4 Å². The van der Waals surface area contributed by atoms with E-state index in [0.29, 0.717) is 18.1 Å². The number of fused-ring (bicyclic) bond motifs is 3. The lowest BCUT2D eigenvalue weighted by Gasteiger charge is -2.53. The summed E-state index contributed by atoms with van der Waals surface area (Å²) < 4.78 is 5.34. The van der Waals surface area contributed by atoms with Crippen LogP contribution in [0.25, 0.3) is 0 Å². The molecule has 0 aromatic heterocycles. The number of hydrogen-bond donors (Lipinski definition) is 0. The Bertz CT molecular complexity index is 559. The quantitative estimate of drug-likeness (QED) is 0.775. The summed E-state index contributed by atoms with van der Waals surface area (Å²) in [5, 5.41) is 0. The van der Waals surface area contributed by atoms with E-state index in [1.807, 2.05) is 6.07 Å². The maximum absolute atomic E-state index is 12.2. The van der Waals surface area contributed by atoms with Crippen LogP contribution >= 0.6 is 0 Å². The molecule has 0 saturated heterocycles. The van der Waals surface area contributed by atoms with Gasteiger partial charge in [-0.1, -0.05) is 26.8 Å². The van der Waals surface area contributed by atoms with E-state index in [9.17, 15) is 4.79 Å². The summed E-state index contributed by atoms with van der Waals surface area (Å²) in [5.74, 6) is 1.93. The first-order chi connectivity index (χ1) is 9.37. The van der Waals surface area contributed by atoms with Gasteiger partial charge in [0, 0.05) is 18.3 Å². The molecule has 0 spiro atoms.